The molecular formula is C9H13Cl2NO2. The summed E-state index contributed by atoms with van der Waals surface area (Å²) in [5.41, 5.74) is -0.429. The highest BCUT2D eigenvalue weighted by molar-refractivity contribution is 6.52. The number of amides is 1. The Morgan fingerprint density at radius 1 is 1.50 bits per heavy atom. The van der Waals surface area contributed by atoms with Gasteiger partial charge in [-0.15, -0.1) is 0 Å². The molecule has 2 aliphatic rings. The number of rotatable bonds is 1. The van der Waals surface area contributed by atoms with E-state index in [0.717, 1.165) is 25.7 Å². The maximum absolute atomic E-state index is 11.1. The molecule has 2 atom stereocenters. The summed E-state index contributed by atoms with van der Waals surface area (Å²) in [6, 6.07) is 0. The van der Waals surface area contributed by atoms with Crippen LogP contribution in [0.25, 0.3) is 0 Å². The number of fused-ring (bicyclic) bond motifs is 1. The van der Waals surface area contributed by atoms with Crippen LogP contribution in [0.15, 0.2) is 0 Å². The molecule has 80 valence electrons. The van der Waals surface area contributed by atoms with E-state index in [9.17, 15) is 4.79 Å². The first kappa shape index (κ1) is 10.4. The first-order chi connectivity index (χ1) is 6.54. The lowest BCUT2D eigenvalue weighted by molar-refractivity contribution is 0.160. The molecular weight excluding hydrogens is 225 g/mol. The molecule has 5 heteroatoms. The number of nitrogens with one attached hydrogen (secondary N) is 1. The molecule has 14 heavy (non-hydrogen) atoms. The highest BCUT2D eigenvalue weighted by atomic mass is 35.5. The van der Waals surface area contributed by atoms with Gasteiger partial charge in [0.15, 0.2) is 0 Å². The van der Waals surface area contributed by atoms with Gasteiger partial charge < -0.3 is 10.1 Å². The maximum Gasteiger partial charge on any atom is 0.407 e. The van der Waals surface area contributed by atoms with Crippen molar-refractivity contribution in [1.82, 2.24) is 5.32 Å². The number of ether oxygens (including phenoxy) is 1. The predicted octanol–water partition coefficient (Wildman–Crippen LogP) is 2.46. The molecule has 1 N–H and O–H groups in total. The fourth-order valence-corrected chi connectivity index (χ4v) is 3.55. The Balaban J connectivity index is 2.11. The van der Waals surface area contributed by atoms with Crippen LogP contribution in [0.3, 0.4) is 0 Å². The molecule has 2 unspecified atom stereocenters. The molecule has 0 saturated heterocycles. The van der Waals surface area contributed by atoms with Gasteiger partial charge in [0.2, 0.25) is 0 Å². The van der Waals surface area contributed by atoms with Crippen LogP contribution >= 0.6 is 23.2 Å². The standard InChI is InChI=1S/C9H13Cl2NO2/c1-14-7(13)12-8-5-3-2-4-6(8)9(8,10)11/h6H,2-5H2,1H3,(H,12,13). The van der Waals surface area contributed by atoms with Crippen molar-refractivity contribution in [2.75, 3.05) is 7.11 Å². The van der Waals surface area contributed by atoms with Crippen LogP contribution in [0.4, 0.5) is 4.79 Å². The normalized spacial score (nSPS) is 38.4. The largest absolute Gasteiger partial charge is 0.453 e. The summed E-state index contributed by atoms with van der Waals surface area (Å²) in [4.78, 5) is 11.1. The monoisotopic (exact) mass is 237 g/mol. The zero-order valence-corrected chi connectivity index (χ0v) is 9.49. The van der Waals surface area contributed by atoms with Crippen LogP contribution in [0.5, 0.6) is 0 Å². The number of halogens is 2. The number of carbonyl (C=O) groups excluding carboxylic acids is 1. The lowest BCUT2D eigenvalue weighted by atomic mass is 9.95. The van der Waals surface area contributed by atoms with E-state index in [1.807, 2.05) is 0 Å². The highest BCUT2D eigenvalue weighted by Crippen LogP contribution is 2.68. The molecule has 0 aliphatic heterocycles. The molecule has 0 aromatic carbocycles. The fourth-order valence-electron chi connectivity index (χ4n) is 2.52. The van der Waals surface area contributed by atoms with E-state index in [4.69, 9.17) is 23.2 Å². The van der Waals surface area contributed by atoms with Crippen LogP contribution < -0.4 is 5.32 Å². The SMILES string of the molecule is COC(=O)NC12CCCCC1C2(Cl)Cl. The molecule has 0 spiro atoms. The van der Waals surface area contributed by atoms with Gasteiger partial charge >= 0.3 is 6.09 Å². The second-order valence-corrected chi connectivity index (χ2v) is 5.40. The van der Waals surface area contributed by atoms with Gasteiger partial charge in [0.25, 0.3) is 0 Å². The summed E-state index contributed by atoms with van der Waals surface area (Å²) in [7, 11) is 1.34. The van der Waals surface area contributed by atoms with Crippen LogP contribution in [-0.4, -0.2) is 23.1 Å². The summed E-state index contributed by atoms with van der Waals surface area (Å²) in [5, 5.41) is 2.78. The fraction of sp³-hybridized carbons (Fsp3) is 0.889. The van der Waals surface area contributed by atoms with E-state index in [1.54, 1.807) is 0 Å². The van der Waals surface area contributed by atoms with E-state index in [1.165, 1.54) is 7.11 Å². The van der Waals surface area contributed by atoms with Crippen LogP contribution in [0, 0.1) is 5.92 Å². The zero-order chi connectivity index (χ0) is 10.4. The van der Waals surface area contributed by atoms with Crippen molar-refractivity contribution in [2.24, 2.45) is 5.92 Å². The quantitative estimate of drug-likeness (QED) is 0.712. The maximum atomic E-state index is 11.1. The Hall–Kier alpha value is -0.150. The van der Waals surface area contributed by atoms with Gasteiger partial charge in [-0.1, -0.05) is 36.0 Å². The molecule has 2 rings (SSSR count). The van der Waals surface area contributed by atoms with Gasteiger partial charge in [0.1, 0.15) is 4.33 Å². The van der Waals surface area contributed by atoms with E-state index >= 15 is 0 Å². The zero-order valence-electron chi connectivity index (χ0n) is 7.98. The van der Waals surface area contributed by atoms with Gasteiger partial charge in [0, 0.05) is 5.92 Å². The second-order valence-electron chi connectivity index (χ2n) is 4.01. The van der Waals surface area contributed by atoms with Crippen molar-refractivity contribution in [3.05, 3.63) is 0 Å². The molecule has 0 aromatic rings. The van der Waals surface area contributed by atoms with E-state index in [-0.39, 0.29) is 5.92 Å². The summed E-state index contributed by atoms with van der Waals surface area (Å²) < 4.78 is 3.78. The third-order valence-corrected chi connectivity index (χ3v) is 4.57. The van der Waals surface area contributed by atoms with Gasteiger partial charge in [-0.3, -0.25) is 0 Å². The minimum absolute atomic E-state index is 0.186. The third kappa shape index (κ3) is 1.22. The van der Waals surface area contributed by atoms with Crippen LogP contribution in [0.2, 0.25) is 0 Å². The average molecular weight is 238 g/mol. The number of hydrogen-bond acceptors (Lipinski definition) is 2. The molecule has 0 heterocycles. The summed E-state index contributed by atoms with van der Waals surface area (Å²) in [6.07, 6.45) is 3.58. The third-order valence-electron chi connectivity index (χ3n) is 3.37. The molecule has 1 amide bonds. The number of alkyl carbamates (subject to hydrolysis) is 1. The van der Waals surface area contributed by atoms with Gasteiger partial charge in [-0.2, -0.15) is 0 Å². The number of alkyl halides is 2. The van der Waals surface area contributed by atoms with Crippen molar-refractivity contribution in [2.45, 2.75) is 35.6 Å². The topological polar surface area (TPSA) is 38.3 Å². The number of hydrogen-bond donors (Lipinski definition) is 1. The lowest BCUT2D eigenvalue weighted by Gasteiger charge is -2.22. The van der Waals surface area contributed by atoms with Gasteiger partial charge in [0.05, 0.1) is 12.6 Å². The van der Waals surface area contributed by atoms with Crippen LogP contribution in [-0.2, 0) is 4.74 Å². The number of carbonyl (C=O) groups is 1. The first-order valence-corrected chi connectivity index (χ1v) is 5.54. The minimum Gasteiger partial charge on any atom is -0.453 e. The van der Waals surface area contributed by atoms with E-state index in [2.05, 4.69) is 10.1 Å². The molecule has 2 fully saturated rings. The lowest BCUT2D eigenvalue weighted by Crippen LogP contribution is -2.42. The first-order valence-electron chi connectivity index (χ1n) is 4.78. The van der Waals surface area contributed by atoms with Gasteiger partial charge in [-0.25, -0.2) is 4.79 Å². The number of methoxy groups -OCH3 is 1. The average Bonchev–Trinajstić information content (AvgIpc) is 2.64. The van der Waals surface area contributed by atoms with Crippen molar-refractivity contribution in [3.63, 3.8) is 0 Å². The van der Waals surface area contributed by atoms with Gasteiger partial charge in [-0.05, 0) is 12.8 Å². The smallest absolute Gasteiger partial charge is 0.407 e. The van der Waals surface area contributed by atoms with E-state index < -0.39 is 16.0 Å². The molecule has 3 nitrogen and oxygen atoms in total. The van der Waals surface area contributed by atoms with Crippen molar-refractivity contribution in [1.29, 1.82) is 0 Å². The minimum atomic E-state index is -0.794. The van der Waals surface area contributed by atoms with Crippen LogP contribution in [0.1, 0.15) is 25.7 Å². The van der Waals surface area contributed by atoms with Crippen molar-refractivity contribution in [3.8, 4) is 0 Å². The highest BCUT2D eigenvalue weighted by Gasteiger charge is 2.76. The Kier molecular flexibility index (Phi) is 2.35. The summed E-state index contributed by atoms with van der Waals surface area (Å²) in [5.74, 6) is 0.186. The van der Waals surface area contributed by atoms with Crippen molar-refractivity contribution >= 4 is 29.3 Å². The molecule has 0 aromatic heterocycles. The molecule has 2 aliphatic carbocycles. The molecule has 2 saturated carbocycles. The molecule has 0 radical (unpaired) electrons. The molecule has 0 bridgehead atoms. The summed E-state index contributed by atoms with van der Waals surface area (Å²) in [6.45, 7) is 0. The Morgan fingerprint density at radius 2 is 2.21 bits per heavy atom. The Morgan fingerprint density at radius 3 is 2.79 bits per heavy atom. The van der Waals surface area contributed by atoms with Crippen molar-refractivity contribution < 1.29 is 9.53 Å². The second kappa shape index (κ2) is 3.17. The predicted molar refractivity (Wildman–Crippen MR) is 54.7 cm³/mol. The Bertz CT molecular complexity index is 270. The van der Waals surface area contributed by atoms with E-state index in [0.29, 0.717) is 0 Å². The summed E-state index contributed by atoms with van der Waals surface area (Å²) >= 11 is 12.3. The Labute approximate surface area is 93.1 Å².